The minimum Gasteiger partial charge on any atom is -0.377 e. The Balaban J connectivity index is 1.92. The van der Waals surface area contributed by atoms with Gasteiger partial charge in [0, 0.05) is 50.2 Å². The lowest BCUT2D eigenvalue weighted by atomic mass is 10.3. The number of likely N-dealkylation sites (tertiary alicyclic amines) is 1. The van der Waals surface area contributed by atoms with Crippen LogP contribution in [0.4, 0.5) is 0 Å². The Bertz CT molecular complexity index is 344. The fraction of sp³-hybridized carbons (Fsp3) is 0.667. The zero-order valence-corrected chi connectivity index (χ0v) is 11.2. The molecule has 2 heterocycles. The number of thiophene rings is 1. The number of ether oxygens (including phenoxy) is 2. The largest absolute Gasteiger partial charge is 0.377 e. The molecule has 0 aliphatic carbocycles. The van der Waals surface area contributed by atoms with Crippen LogP contribution in [0.3, 0.4) is 0 Å². The zero-order chi connectivity index (χ0) is 12.3. The average molecular weight is 256 g/mol. The molecule has 0 saturated carbocycles. The van der Waals surface area contributed by atoms with Gasteiger partial charge in [-0.05, 0) is 12.1 Å². The van der Waals surface area contributed by atoms with Gasteiger partial charge in [0.2, 0.25) is 0 Å². The van der Waals surface area contributed by atoms with Crippen molar-refractivity contribution in [1.29, 1.82) is 0 Å². The molecule has 0 radical (unpaired) electrons. The maximum atomic E-state index is 5.62. The second kappa shape index (κ2) is 5.93. The first-order chi connectivity index (χ1) is 8.26. The third-order valence-corrected chi connectivity index (χ3v) is 4.29. The third-order valence-electron chi connectivity index (χ3n) is 3.19. The topological polar surface area (TPSA) is 47.7 Å². The fourth-order valence-electron chi connectivity index (χ4n) is 2.24. The van der Waals surface area contributed by atoms with Crippen molar-refractivity contribution in [2.24, 2.45) is 5.73 Å². The quantitative estimate of drug-likeness (QED) is 0.855. The molecule has 2 N–H and O–H groups in total. The van der Waals surface area contributed by atoms with Crippen LogP contribution in [0.5, 0.6) is 0 Å². The predicted molar refractivity (Wildman–Crippen MR) is 69.1 cm³/mol. The van der Waals surface area contributed by atoms with Crippen molar-refractivity contribution in [3.05, 3.63) is 21.9 Å². The Labute approximate surface area is 106 Å². The lowest BCUT2D eigenvalue weighted by Gasteiger charge is -2.13. The first kappa shape index (κ1) is 13.0. The van der Waals surface area contributed by atoms with Crippen molar-refractivity contribution in [3.8, 4) is 0 Å². The van der Waals surface area contributed by atoms with E-state index in [9.17, 15) is 0 Å². The molecule has 2 atom stereocenters. The minimum atomic E-state index is 0.189. The molecule has 0 bridgehead atoms. The Kier molecular flexibility index (Phi) is 4.53. The van der Waals surface area contributed by atoms with Crippen LogP contribution < -0.4 is 5.73 Å². The number of hydrogen-bond acceptors (Lipinski definition) is 5. The van der Waals surface area contributed by atoms with Crippen molar-refractivity contribution in [2.45, 2.75) is 25.3 Å². The summed E-state index contributed by atoms with van der Waals surface area (Å²) in [5.41, 5.74) is 5.62. The number of rotatable bonds is 5. The first-order valence-corrected chi connectivity index (χ1v) is 6.64. The molecule has 1 aliphatic heterocycles. The van der Waals surface area contributed by atoms with Crippen LogP contribution >= 0.6 is 11.3 Å². The summed E-state index contributed by atoms with van der Waals surface area (Å²) in [6, 6.07) is 4.27. The van der Waals surface area contributed by atoms with Crippen LogP contribution in [-0.2, 0) is 22.6 Å². The summed E-state index contributed by atoms with van der Waals surface area (Å²) >= 11 is 1.79. The van der Waals surface area contributed by atoms with E-state index in [2.05, 4.69) is 17.0 Å². The highest BCUT2D eigenvalue weighted by Gasteiger charge is 2.32. The number of methoxy groups -OCH3 is 2. The summed E-state index contributed by atoms with van der Waals surface area (Å²) in [5, 5.41) is 0. The van der Waals surface area contributed by atoms with Crippen LogP contribution in [0, 0.1) is 0 Å². The smallest absolute Gasteiger partial charge is 0.0971 e. The van der Waals surface area contributed by atoms with E-state index in [1.54, 1.807) is 25.6 Å². The van der Waals surface area contributed by atoms with Gasteiger partial charge in [-0.25, -0.2) is 0 Å². The van der Waals surface area contributed by atoms with Gasteiger partial charge in [-0.3, -0.25) is 4.90 Å². The van der Waals surface area contributed by atoms with Gasteiger partial charge in [-0.15, -0.1) is 11.3 Å². The summed E-state index contributed by atoms with van der Waals surface area (Å²) in [6.45, 7) is 3.46. The first-order valence-electron chi connectivity index (χ1n) is 5.82. The van der Waals surface area contributed by atoms with E-state index in [4.69, 9.17) is 15.2 Å². The lowest BCUT2D eigenvalue weighted by molar-refractivity contribution is -0.00461. The predicted octanol–water partition coefficient (Wildman–Crippen LogP) is 1.05. The third kappa shape index (κ3) is 3.05. The van der Waals surface area contributed by atoms with E-state index in [-0.39, 0.29) is 12.2 Å². The summed E-state index contributed by atoms with van der Waals surface area (Å²) in [4.78, 5) is 4.97. The molecule has 1 aliphatic rings. The van der Waals surface area contributed by atoms with Crippen molar-refractivity contribution in [3.63, 3.8) is 0 Å². The molecule has 1 saturated heterocycles. The van der Waals surface area contributed by atoms with E-state index in [0.717, 1.165) is 19.6 Å². The van der Waals surface area contributed by atoms with Crippen molar-refractivity contribution in [2.75, 3.05) is 27.3 Å². The van der Waals surface area contributed by atoms with Gasteiger partial charge in [0.05, 0.1) is 12.2 Å². The molecule has 0 aromatic carbocycles. The van der Waals surface area contributed by atoms with Crippen LogP contribution in [0.2, 0.25) is 0 Å². The minimum absolute atomic E-state index is 0.189. The average Bonchev–Trinajstić information content (AvgIpc) is 2.95. The van der Waals surface area contributed by atoms with E-state index >= 15 is 0 Å². The second-order valence-electron chi connectivity index (χ2n) is 4.31. The second-order valence-corrected chi connectivity index (χ2v) is 5.57. The van der Waals surface area contributed by atoms with E-state index < -0.39 is 0 Å². The van der Waals surface area contributed by atoms with Crippen molar-refractivity contribution >= 4 is 11.3 Å². The molecule has 17 heavy (non-hydrogen) atoms. The van der Waals surface area contributed by atoms with Crippen LogP contribution in [0.25, 0.3) is 0 Å². The standard InChI is InChI=1S/C12H20N2O2S/c1-15-11-7-14(8-12(11)16-2)6-10-4-3-9(5-13)17-10/h3-4,11-12H,5-8,13H2,1-2H3. The number of hydrogen-bond donors (Lipinski definition) is 1. The van der Waals surface area contributed by atoms with E-state index in [0.29, 0.717) is 6.54 Å². The molecule has 1 aromatic heterocycles. The van der Waals surface area contributed by atoms with Gasteiger partial charge in [-0.1, -0.05) is 0 Å². The van der Waals surface area contributed by atoms with Gasteiger partial charge in [0.25, 0.3) is 0 Å². The Morgan fingerprint density at radius 2 is 1.82 bits per heavy atom. The Hall–Kier alpha value is -0.460. The lowest BCUT2D eigenvalue weighted by Crippen LogP contribution is -2.27. The summed E-state index contributed by atoms with van der Waals surface area (Å²) in [6.07, 6.45) is 0.378. The number of nitrogens with two attached hydrogens (primary N) is 1. The maximum Gasteiger partial charge on any atom is 0.0971 e. The van der Waals surface area contributed by atoms with E-state index in [1.807, 2.05) is 0 Å². The summed E-state index contributed by atoms with van der Waals surface area (Å²) in [5.74, 6) is 0. The van der Waals surface area contributed by atoms with Crippen molar-refractivity contribution < 1.29 is 9.47 Å². The van der Waals surface area contributed by atoms with Gasteiger partial charge in [0.1, 0.15) is 0 Å². The summed E-state index contributed by atoms with van der Waals surface area (Å²) in [7, 11) is 3.50. The number of nitrogens with zero attached hydrogens (tertiary/aromatic N) is 1. The SMILES string of the molecule is COC1CN(Cc2ccc(CN)s2)CC1OC. The molecule has 2 rings (SSSR count). The molecular weight excluding hydrogens is 236 g/mol. The van der Waals surface area contributed by atoms with E-state index in [1.165, 1.54) is 9.75 Å². The van der Waals surface area contributed by atoms with Gasteiger partial charge in [0.15, 0.2) is 0 Å². The zero-order valence-electron chi connectivity index (χ0n) is 10.4. The highest BCUT2D eigenvalue weighted by Crippen LogP contribution is 2.22. The van der Waals surface area contributed by atoms with Gasteiger partial charge in [-0.2, -0.15) is 0 Å². The van der Waals surface area contributed by atoms with Crippen LogP contribution in [0.15, 0.2) is 12.1 Å². The Morgan fingerprint density at radius 3 is 2.29 bits per heavy atom. The summed E-state index contributed by atoms with van der Waals surface area (Å²) < 4.78 is 10.9. The molecule has 1 aromatic rings. The molecular formula is C12H20N2O2S. The molecule has 0 spiro atoms. The maximum absolute atomic E-state index is 5.62. The van der Waals surface area contributed by atoms with Gasteiger partial charge >= 0.3 is 0 Å². The molecule has 0 amide bonds. The fourth-order valence-corrected chi connectivity index (χ4v) is 3.18. The van der Waals surface area contributed by atoms with Crippen LogP contribution in [0.1, 0.15) is 9.75 Å². The van der Waals surface area contributed by atoms with Crippen molar-refractivity contribution in [1.82, 2.24) is 4.90 Å². The Morgan fingerprint density at radius 1 is 1.24 bits per heavy atom. The highest BCUT2D eigenvalue weighted by molar-refractivity contribution is 7.11. The normalized spacial score (nSPS) is 25.6. The highest BCUT2D eigenvalue weighted by atomic mass is 32.1. The van der Waals surface area contributed by atoms with Gasteiger partial charge < -0.3 is 15.2 Å². The molecule has 4 nitrogen and oxygen atoms in total. The molecule has 96 valence electrons. The monoisotopic (exact) mass is 256 g/mol. The molecule has 5 heteroatoms. The molecule has 2 unspecified atom stereocenters. The van der Waals surface area contributed by atoms with Crippen LogP contribution in [-0.4, -0.2) is 44.4 Å². The molecule has 1 fully saturated rings.